The van der Waals surface area contributed by atoms with E-state index >= 15 is 0 Å². The monoisotopic (exact) mass is 287 g/mol. The van der Waals surface area contributed by atoms with E-state index in [2.05, 4.69) is 5.32 Å². The van der Waals surface area contributed by atoms with Crippen molar-refractivity contribution in [3.63, 3.8) is 0 Å². The third-order valence-corrected chi connectivity index (χ3v) is 7.08. The Kier molecular flexibility index (Phi) is 3.29. The highest BCUT2D eigenvalue weighted by molar-refractivity contribution is 7.96. The number of aldehydes is 1. The minimum atomic E-state index is -3.77. The molecule has 1 amide bonds. The Labute approximate surface area is 109 Å². The van der Waals surface area contributed by atoms with E-state index in [-0.39, 0.29) is 17.1 Å². The molecule has 0 saturated carbocycles. The van der Waals surface area contributed by atoms with Crippen LogP contribution in [0.5, 0.6) is 0 Å². The largest absolute Gasteiger partial charge is 0.355 e. The number of nitrogens with one attached hydrogen (secondary N) is 1. The fourth-order valence-electron chi connectivity index (χ4n) is 2.20. The molecule has 0 bridgehead atoms. The Morgan fingerprint density at radius 1 is 1.61 bits per heavy atom. The number of hydrogen-bond donors (Lipinski definition) is 1. The van der Waals surface area contributed by atoms with E-state index in [1.165, 1.54) is 0 Å². The zero-order valence-electron chi connectivity index (χ0n) is 9.80. The maximum Gasteiger partial charge on any atom is 0.242 e. The molecule has 0 fully saturated rings. The third kappa shape index (κ3) is 1.61. The molecule has 0 aliphatic carbocycles. The van der Waals surface area contributed by atoms with E-state index in [0.717, 1.165) is 11.3 Å². The molecule has 1 aromatic rings. The molecule has 0 saturated heterocycles. The Morgan fingerprint density at radius 2 is 2.33 bits per heavy atom. The average Bonchev–Trinajstić information content (AvgIpc) is 2.83. The zero-order valence-corrected chi connectivity index (χ0v) is 11.4. The average molecular weight is 287 g/mol. The standard InChI is InChI=1S/C11H13NO4S2/c1-2-12-10(14)11(4-5-13)7-8-3-6-17-9(8)18(11,15)16/h3,5-6H,2,4,7H2,1H3,(H,12,14). The molecule has 1 unspecified atom stereocenters. The molecular formula is C11H13NO4S2. The van der Waals surface area contributed by atoms with Gasteiger partial charge in [0.1, 0.15) is 10.5 Å². The van der Waals surface area contributed by atoms with E-state index in [0.29, 0.717) is 18.4 Å². The van der Waals surface area contributed by atoms with Crippen molar-refractivity contribution in [2.75, 3.05) is 6.54 Å². The molecule has 1 aromatic heterocycles. The Morgan fingerprint density at radius 3 is 2.89 bits per heavy atom. The summed E-state index contributed by atoms with van der Waals surface area (Å²) >= 11 is 1.10. The van der Waals surface area contributed by atoms with Crippen molar-refractivity contribution in [1.29, 1.82) is 0 Å². The topological polar surface area (TPSA) is 80.3 Å². The maximum atomic E-state index is 12.5. The van der Waals surface area contributed by atoms with Crippen LogP contribution in [-0.2, 0) is 25.8 Å². The second kappa shape index (κ2) is 4.47. The third-order valence-electron chi connectivity index (χ3n) is 3.11. The fraction of sp³-hybridized carbons (Fsp3) is 0.455. The van der Waals surface area contributed by atoms with E-state index in [1.807, 2.05) is 0 Å². The van der Waals surface area contributed by atoms with Crippen LogP contribution >= 0.6 is 11.3 Å². The van der Waals surface area contributed by atoms with Crippen LogP contribution in [0.15, 0.2) is 15.7 Å². The lowest BCUT2D eigenvalue weighted by Crippen LogP contribution is -2.51. The van der Waals surface area contributed by atoms with Gasteiger partial charge >= 0.3 is 0 Å². The van der Waals surface area contributed by atoms with Crippen LogP contribution in [0.25, 0.3) is 0 Å². The lowest BCUT2D eigenvalue weighted by molar-refractivity contribution is -0.125. The number of amides is 1. The normalized spacial score (nSPS) is 24.5. The van der Waals surface area contributed by atoms with Gasteiger partial charge in [0, 0.05) is 19.4 Å². The Balaban J connectivity index is 2.55. The van der Waals surface area contributed by atoms with Crippen LogP contribution in [-0.4, -0.2) is 31.9 Å². The van der Waals surface area contributed by atoms with Crippen LogP contribution in [0.2, 0.25) is 0 Å². The summed E-state index contributed by atoms with van der Waals surface area (Å²) in [7, 11) is -3.77. The van der Waals surface area contributed by atoms with Gasteiger partial charge in [-0.05, 0) is 23.9 Å². The van der Waals surface area contributed by atoms with Crippen molar-refractivity contribution >= 4 is 33.4 Å². The van der Waals surface area contributed by atoms with E-state index in [4.69, 9.17) is 0 Å². The molecule has 7 heteroatoms. The highest BCUT2D eigenvalue weighted by atomic mass is 32.2. The fourth-order valence-corrected chi connectivity index (χ4v) is 5.79. The van der Waals surface area contributed by atoms with Crippen molar-refractivity contribution in [2.45, 2.75) is 28.7 Å². The van der Waals surface area contributed by atoms with Gasteiger partial charge in [-0.25, -0.2) is 8.42 Å². The van der Waals surface area contributed by atoms with Crippen LogP contribution in [0, 0.1) is 0 Å². The van der Waals surface area contributed by atoms with Crippen molar-refractivity contribution in [3.05, 3.63) is 17.0 Å². The number of rotatable bonds is 4. The first kappa shape index (κ1) is 13.2. The molecule has 0 radical (unpaired) electrons. The van der Waals surface area contributed by atoms with E-state index < -0.39 is 20.5 Å². The highest BCUT2D eigenvalue weighted by Gasteiger charge is 2.56. The number of sulfone groups is 1. The van der Waals surface area contributed by atoms with Gasteiger partial charge in [-0.2, -0.15) is 0 Å². The molecule has 98 valence electrons. The first-order chi connectivity index (χ1) is 8.49. The summed E-state index contributed by atoms with van der Waals surface area (Å²) in [5, 5.41) is 4.21. The summed E-state index contributed by atoms with van der Waals surface area (Å²) < 4.78 is 23.5. The SMILES string of the molecule is CCNC(=O)C1(CC=O)Cc2ccsc2S1(=O)=O. The van der Waals surface area contributed by atoms with Crippen LogP contribution in [0.4, 0.5) is 0 Å². The first-order valence-corrected chi connectivity index (χ1v) is 7.89. The van der Waals surface area contributed by atoms with Gasteiger partial charge in [-0.1, -0.05) is 0 Å². The highest BCUT2D eigenvalue weighted by Crippen LogP contribution is 2.44. The summed E-state index contributed by atoms with van der Waals surface area (Å²) in [4.78, 5) is 22.9. The van der Waals surface area contributed by atoms with E-state index in [9.17, 15) is 18.0 Å². The summed E-state index contributed by atoms with van der Waals surface area (Å²) in [5.74, 6) is -0.583. The predicted octanol–water partition coefficient (Wildman–Crippen LogP) is 0.542. The number of hydrogen-bond acceptors (Lipinski definition) is 5. The molecule has 1 aliphatic rings. The lowest BCUT2D eigenvalue weighted by atomic mass is 9.96. The van der Waals surface area contributed by atoms with Crippen molar-refractivity contribution in [2.24, 2.45) is 0 Å². The van der Waals surface area contributed by atoms with Gasteiger partial charge < -0.3 is 10.1 Å². The van der Waals surface area contributed by atoms with Gasteiger partial charge in [0.05, 0.1) is 0 Å². The summed E-state index contributed by atoms with van der Waals surface area (Å²) in [6.07, 6.45) is 0.282. The molecule has 1 atom stereocenters. The molecule has 0 spiro atoms. The summed E-state index contributed by atoms with van der Waals surface area (Å²) in [6.45, 7) is 2.05. The minimum Gasteiger partial charge on any atom is -0.355 e. The van der Waals surface area contributed by atoms with Crippen molar-refractivity contribution < 1.29 is 18.0 Å². The molecule has 2 heterocycles. The molecule has 5 nitrogen and oxygen atoms in total. The minimum absolute atomic E-state index is 0.0821. The second-order valence-corrected chi connectivity index (χ2v) is 7.51. The smallest absolute Gasteiger partial charge is 0.242 e. The van der Waals surface area contributed by atoms with Gasteiger partial charge in [0.2, 0.25) is 15.7 Å². The Bertz CT molecular complexity index is 590. The number of fused-ring (bicyclic) bond motifs is 1. The molecular weight excluding hydrogens is 274 g/mol. The van der Waals surface area contributed by atoms with Gasteiger partial charge in [0.25, 0.3) is 0 Å². The maximum absolute atomic E-state index is 12.5. The van der Waals surface area contributed by atoms with Crippen LogP contribution in [0.3, 0.4) is 0 Å². The van der Waals surface area contributed by atoms with Crippen molar-refractivity contribution in [3.8, 4) is 0 Å². The quantitative estimate of drug-likeness (QED) is 0.820. The first-order valence-electron chi connectivity index (χ1n) is 5.52. The summed E-state index contributed by atoms with van der Waals surface area (Å²) in [6, 6.07) is 1.70. The zero-order chi connectivity index (χ0) is 13.4. The number of thiophene rings is 1. The molecule has 1 N–H and O–H groups in total. The molecule has 2 rings (SSSR count). The summed E-state index contributed by atoms with van der Waals surface area (Å²) in [5.41, 5.74) is 0.633. The predicted molar refractivity (Wildman–Crippen MR) is 67.3 cm³/mol. The van der Waals surface area contributed by atoms with E-state index in [1.54, 1.807) is 18.4 Å². The molecule has 1 aliphatic heterocycles. The number of carbonyl (C=O) groups is 2. The Hall–Kier alpha value is -1.21. The second-order valence-electron chi connectivity index (χ2n) is 4.14. The number of carbonyl (C=O) groups excluding carboxylic acids is 2. The van der Waals surface area contributed by atoms with Gasteiger partial charge in [-0.15, -0.1) is 11.3 Å². The van der Waals surface area contributed by atoms with Crippen LogP contribution < -0.4 is 5.32 Å². The van der Waals surface area contributed by atoms with Gasteiger partial charge in [-0.3, -0.25) is 4.79 Å². The molecule has 18 heavy (non-hydrogen) atoms. The van der Waals surface area contributed by atoms with Crippen molar-refractivity contribution in [1.82, 2.24) is 5.32 Å². The molecule has 0 aromatic carbocycles. The lowest BCUT2D eigenvalue weighted by Gasteiger charge is -2.24. The van der Waals surface area contributed by atoms with Gasteiger partial charge in [0.15, 0.2) is 4.75 Å². The van der Waals surface area contributed by atoms with Crippen LogP contribution in [0.1, 0.15) is 18.9 Å².